The van der Waals surface area contributed by atoms with Crippen LogP contribution in [-0.4, -0.2) is 30.4 Å². The fraction of sp³-hybridized carbons (Fsp3) is 0.0714. The van der Waals surface area contributed by atoms with Crippen LogP contribution >= 0.6 is 15.9 Å². The van der Waals surface area contributed by atoms with E-state index in [2.05, 4.69) is 41.2 Å². The number of nitrogens with zero attached hydrogens (tertiary/aromatic N) is 5. The Labute approximate surface area is 134 Å². The van der Waals surface area contributed by atoms with Gasteiger partial charge in [0.05, 0.1) is 5.56 Å². The molecule has 3 aromatic rings. The van der Waals surface area contributed by atoms with Gasteiger partial charge in [0.25, 0.3) is 5.91 Å². The molecule has 22 heavy (non-hydrogen) atoms. The van der Waals surface area contributed by atoms with Crippen molar-refractivity contribution in [2.45, 2.75) is 6.92 Å². The van der Waals surface area contributed by atoms with Crippen molar-refractivity contribution in [2.24, 2.45) is 0 Å². The van der Waals surface area contributed by atoms with Gasteiger partial charge in [0.15, 0.2) is 0 Å². The Morgan fingerprint density at radius 3 is 2.82 bits per heavy atom. The molecular formula is C14H11BrN6O. The second-order valence-corrected chi connectivity index (χ2v) is 5.37. The molecule has 0 aliphatic rings. The predicted molar refractivity (Wildman–Crippen MR) is 83.8 cm³/mol. The monoisotopic (exact) mass is 358 g/mol. The third kappa shape index (κ3) is 3.01. The van der Waals surface area contributed by atoms with Gasteiger partial charge in [-0.3, -0.25) is 14.3 Å². The zero-order valence-electron chi connectivity index (χ0n) is 11.6. The van der Waals surface area contributed by atoms with Crippen LogP contribution < -0.4 is 5.32 Å². The topological polar surface area (TPSA) is 85.6 Å². The van der Waals surface area contributed by atoms with Gasteiger partial charge < -0.3 is 5.32 Å². The van der Waals surface area contributed by atoms with Gasteiger partial charge in [-0.05, 0) is 28.9 Å². The van der Waals surface area contributed by atoms with E-state index in [0.29, 0.717) is 17.2 Å². The van der Waals surface area contributed by atoms with E-state index in [1.807, 2.05) is 6.92 Å². The van der Waals surface area contributed by atoms with Gasteiger partial charge in [-0.25, -0.2) is 15.0 Å². The summed E-state index contributed by atoms with van der Waals surface area (Å²) in [5.41, 5.74) is 0.438. The highest BCUT2D eigenvalue weighted by Crippen LogP contribution is 2.14. The number of carbonyl (C=O) groups excluding carboxylic acids is 1. The molecule has 0 aromatic carbocycles. The summed E-state index contributed by atoms with van der Waals surface area (Å²) < 4.78 is 2.54. The maximum absolute atomic E-state index is 12.2. The summed E-state index contributed by atoms with van der Waals surface area (Å²) in [7, 11) is 0. The van der Waals surface area contributed by atoms with E-state index in [-0.39, 0.29) is 5.91 Å². The zero-order chi connectivity index (χ0) is 15.5. The number of pyridine rings is 1. The van der Waals surface area contributed by atoms with Crippen LogP contribution in [0.25, 0.3) is 5.82 Å². The molecule has 0 fully saturated rings. The first kappa shape index (κ1) is 14.3. The molecule has 3 aromatic heterocycles. The largest absolute Gasteiger partial charge is 0.306 e. The highest BCUT2D eigenvalue weighted by molar-refractivity contribution is 9.10. The summed E-state index contributed by atoms with van der Waals surface area (Å²) in [5, 5.41) is 2.72. The first-order chi connectivity index (χ1) is 10.6. The van der Waals surface area contributed by atoms with Crippen molar-refractivity contribution in [3.63, 3.8) is 0 Å². The molecule has 0 atom stereocenters. The van der Waals surface area contributed by atoms with Gasteiger partial charge in [-0.2, -0.15) is 0 Å². The summed E-state index contributed by atoms with van der Waals surface area (Å²) in [4.78, 5) is 28.5. The van der Waals surface area contributed by atoms with Crippen LogP contribution in [0.5, 0.6) is 0 Å². The van der Waals surface area contributed by atoms with Crippen molar-refractivity contribution in [1.82, 2.24) is 24.5 Å². The summed E-state index contributed by atoms with van der Waals surface area (Å²) in [6.07, 6.45) is 7.97. The minimum Gasteiger partial charge on any atom is -0.306 e. The van der Waals surface area contributed by atoms with Crippen molar-refractivity contribution < 1.29 is 4.79 Å². The number of nitrogens with one attached hydrogen (secondary N) is 1. The normalized spacial score (nSPS) is 10.5. The van der Waals surface area contributed by atoms with E-state index in [9.17, 15) is 4.79 Å². The van der Waals surface area contributed by atoms with Crippen LogP contribution in [0.4, 0.5) is 5.82 Å². The fourth-order valence-electron chi connectivity index (χ4n) is 1.89. The van der Waals surface area contributed by atoms with Gasteiger partial charge in [0.2, 0.25) is 0 Å². The molecule has 0 bridgehead atoms. The number of amides is 1. The Hall–Kier alpha value is -2.61. The van der Waals surface area contributed by atoms with E-state index < -0.39 is 0 Å². The third-order valence-corrected chi connectivity index (χ3v) is 3.37. The summed E-state index contributed by atoms with van der Waals surface area (Å²) >= 11 is 3.28. The maximum atomic E-state index is 12.2. The molecule has 3 heterocycles. The number of halogens is 1. The lowest BCUT2D eigenvalue weighted by Gasteiger charge is -2.07. The van der Waals surface area contributed by atoms with Gasteiger partial charge in [0.1, 0.15) is 23.8 Å². The van der Waals surface area contributed by atoms with Crippen LogP contribution in [0.3, 0.4) is 0 Å². The van der Waals surface area contributed by atoms with Crippen LogP contribution in [0.15, 0.2) is 47.7 Å². The van der Waals surface area contributed by atoms with Gasteiger partial charge >= 0.3 is 0 Å². The molecule has 1 amide bonds. The Morgan fingerprint density at radius 2 is 2.09 bits per heavy atom. The van der Waals surface area contributed by atoms with E-state index >= 15 is 0 Å². The van der Waals surface area contributed by atoms with E-state index in [1.54, 1.807) is 35.3 Å². The average molecular weight is 359 g/mol. The molecule has 7 nitrogen and oxygen atoms in total. The molecule has 0 unspecified atom stereocenters. The van der Waals surface area contributed by atoms with Gasteiger partial charge in [-0.15, -0.1) is 0 Å². The molecule has 1 N–H and O–H groups in total. The minimum atomic E-state index is -0.291. The molecule has 8 heteroatoms. The smallest absolute Gasteiger partial charge is 0.258 e. The quantitative estimate of drug-likeness (QED) is 0.776. The Balaban J connectivity index is 1.84. The first-order valence-corrected chi connectivity index (χ1v) is 7.17. The van der Waals surface area contributed by atoms with Crippen LogP contribution in [0.1, 0.15) is 16.2 Å². The number of carbonyl (C=O) groups is 1. The lowest BCUT2D eigenvalue weighted by molar-refractivity contribution is 0.102. The summed E-state index contributed by atoms with van der Waals surface area (Å²) in [5.74, 6) is 1.55. The summed E-state index contributed by atoms with van der Waals surface area (Å²) in [6.45, 7) is 1.87. The van der Waals surface area contributed by atoms with E-state index in [1.165, 1.54) is 12.5 Å². The fourth-order valence-corrected chi connectivity index (χ4v) is 2.26. The zero-order valence-corrected chi connectivity index (χ0v) is 13.1. The average Bonchev–Trinajstić information content (AvgIpc) is 2.94. The van der Waals surface area contributed by atoms with E-state index in [0.717, 1.165) is 10.3 Å². The number of hydrogen-bond donors (Lipinski definition) is 1. The number of imidazole rings is 1. The predicted octanol–water partition coefficient (Wildman–Crippen LogP) is 2.38. The van der Waals surface area contributed by atoms with Gasteiger partial charge in [0, 0.05) is 35.3 Å². The van der Waals surface area contributed by atoms with E-state index in [4.69, 9.17) is 0 Å². The van der Waals surface area contributed by atoms with Crippen molar-refractivity contribution in [2.75, 3.05) is 5.32 Å². The van der Waals surface area contributed by atoms with Crippen molar-refractivity contribution >= 4 is 27.7 Å². The number of anilines is 1. The second kappa shape index (κ2) is 6.02. The van der Waals surface area contributed by atoms with Crippen LogP contribution in [0.2, 0.25) is 0 Å². The number of aromatic nitrogens is 5. The third-order valence-electron chi connectivity index (χ3n) is 2.93. The van der Waals surface area contributed by atoms with Crippen molar-refractivity contribution in [3.8, 4) is 5.82 Å². The second-order valence-electron chi connectivity index (χ2n) is 4.45. The van der Waals surface area contributed by atoms with Crippen molar-refractivity contribution in [3.05, 3.63) is 59.1 Å². The minimum absolute atomic E-state index is 0.291. The first-order valence-electron chi connectivity index (χ1n) is 6.38. The lowest BCUT2D eigenvalue weighted by atomic mass is 10.3. The highest BCUT2D eigenvalue weighted by Gasteiger charge is 2.09. The molecule has 3 rings (SSSR count). The number of hydrogen-bond acceptors (Lipinski definition) is 5. The number of rotatable bonds is 3. The molecule has 0 aliphatic carbocycles. The SMILES string of the molecule is Cc1nccn1-c1cc(NC(=O)c2cncc(Br)c2)ncn1. The van der Waals surface area contributed by atoms with Crippen LogP contribution in [-0.2, 0) is 0 Å². The molecule has 0 saturated heterocycles. The van der Waals surface area contributed by atoms with Crippen LogP contribution in [0, 0.1) is 6.92 Å². The Morgan fingerprint density at radius 1 is 1.23 bits per heavy atom. The summed E-state index contributed by atoms with van der Waals surface area (Å²) in [6, 6.07) is 3.36. The lowest BCUT2D eigenvalue weighted by Crippen LogP contribution is -2.14. The maximum Gasteiger partial charge on any atom is 0.258 e. The molecule has 110 valence electrons. The number of aryl methyl sites for hydroxylation is 1. The standard InChI is InChI=1S/C14H11BrN6O/c1-9-17-2-3-21(9)13-5-12(18-8-19-13)20-14(22)10-4-11(15)7-16-6-10/h2-8H,1H3,(H,18,19,20,22). The molecule has 0 saturated carbocycles. The molecule has 0 aliphatic heterocycles. The molecule has 0 radical (unpaired) electrons. The molecule has 0 spiro atoms. The van der Waals surface area contributed by atoms with Gasteiger partial charge in [-0.1, -0.05) is 0 Å². The molecular weight excluding hydrogens is 348 g/mol. The Kier molecular flexibility index (Phi) is 3.92. The van der Waals surface area contributed by atoms with Crippen molar-refractivity contribution in [1.29, 1.82) is 0 Å². The highest BCUT2D eigenvalue weighted by atomic mass is 79.9. The Bertz CT molecular complexity index is 831.